The van der Waals surface area contributed by atoms with E-state index in [1.165, 1.54) is 5.56 Å². The zero-order chi connectivity index (χ0) is 12.6. The molecule has 1 aliphatic heterocycles. The predicted molar refractivity (Wildman–Crippen MR) is 67.3 cm³/mol. The van der Waals surface area contributed by atoms with Crippen LogP contribution in [0.2, 0.25) is 0 Å². The molecule has 94 valence electrons. The van der Waals surface area contributed by atoms with Crippen LogP contribution in [0.25, 0.3) is 0 Å². The van der Waals surface area contributed by atoms with Crippen LogP contribution in [0.4, 0.5) is 0 Å². The summed E-state index contributed by atoms with van der Waals surface area (Å²) in [6.07, 6.45) is 1.24. The topological polar surface area (TPSA) is 27.7 Å². The third kappa shape index (κ3) is 2.06. The second kappa shape index (κ2) is 4.13. The minimum absolute atomic E-state index is 0.104. The fourth-order valence-corrected chi connectivity index (χ4v) is 2.57. The van der Waals surface area contributed by atoms with E-state index in [9.17, 15) is 0 Å². The number of rotatable bonds is 2. The van der Waals surface area contributed by atoms with Crippen molar-refractivity contribution in [3.05, 3.63) is 17.7 Å². The average molecular weight is 236 g/mol. The van der Waals surface area contributed by atoms with E-state index < -0.39 is 0 Å². The molecule has 0 aliphatic carbocycles. The number of benzene rings is 1. The number of methoxy groups -OCH3 is 2. The molecule has 1 atom stereocenters. The van der Waals surface area contributed by atoms with E-state index in [0.29, 0.717) is 0 Å². The highest BCUT2D eigenvalue weighted by atomic mass is 16.5. The molecule has 1 heterocycles. The Morgan fingerprint density at radius 1 is 1.18 bits per heavy atom. The molecular formula is C14H20O3. The molecule has 0 bridgehead atoms. The molecule has 0 spiro atoms. The Morgan fingerprint density at radius 3 is 2.35 bits per heavy atom. The maximum atomic E-state index is 5.87. The molecule has 0 N–H and O–H groups in total. The van der Waals surface area contributed by atoms with Gasteiger partial charge in [0.15, 0.2) is 11.5 Å². The first-order valence-electron chi connectivity index (χ1n) is 5.91. The van der Waals surface area contributed by atoms with E-state index in [-0.39, 0.29) is 11.5 Å². The van der Waals surface area contributed by atoms with Crippen LogP contribution < -0.4 is 14.2 Å². The Hall–Kier alpha value is -1.38. The molecule has 3 heteroatoms. The lowest BCUT2D eigenvalue weighted by Crippen LogP contribution is -2.32. The molecule has 1 unspecified atom stereocenters. The molecular weight excluding hydrogens is 216 g/mol. The number of hydrogen-bond acceptors (Lipinski definition) is 3. The molecule has 0 saturated carbocycles. The van der Waals surface area contributed by atoms with Gasteiger partial charge in [0.1, 0.15) is 5.75 Å². The third-order valence-electron chi connectivity index (χ3n) is 3.34. The van der Waals surface area contributed by atoms with Gasteiger partial charge in [0.2, 0.25) is 0 Å². The summed E-state index contributed by atoms with van der Waals surface area (Å²) in [6.45, 7) is 6.56. The zero-order valence-corrected chi connectivity index (χ0v) is 11.2. The van der Waals surface area contributed by atoms with Crippen molar-refractivity contribution >= 4 is 0 Å². The van der Waals surface area contributed by atoms with Crippen molar-refractivity contribution < 1.29 is 14.2 Å². The van der Waals surface area contributed by atoms with Crippen LogP contribution >= 0.6 is 0 Å². The highest BCUT2D eigenvalue weighted by Gasteiger charge is 2.33. The van der Waals surface area contributed by atoms with Gasteiger partial charge in [-0.05, 0) is 24.8 Å². The van der Waals surface area contributed by atoms with Crippen LogP contribution in [0.15, 0.2) is 12.1 Å². The quantitative estimate of drug-likeness (QED) is 0.789. The lowest BCUT2D eigenvalue weighted by atomic mass is 9.77. The van der Waals surface area contributed by atoms with Crippen LogP contribution in [0.3, 0.4) is 0 Å². The third-order valence-corrected chi connectivity index (χ3v) is 3.34. The monoisotopic (exact) mass is 236 g/mol. The van der Waals surface area contributed by atoms with Gasteiger partial charge < -0.3 is 14.2 Å². The lowest BCUT2D eigenvalue weighted by Gasteiger charge is -2.36. The van der Waals surface area contributed by atoms with Crippen molar-refractivity contribution in [1.29, 1.82) is 0 Å². The molecule has 17 heavy (non-hydrogen) atoms. The molecule has 3 nitrogen and oxygen atoms in total. The van der Waals surface area contributed by atoms with Crippen LogP contribution in [-0.4, -0.2) is 20.3 Å². The smallest absolute Gasteiger partial charge is 0.164 e. The Balaban J connectivity index is 2.55. The molecule has 0 amide bonds. The highest BCUT2D eigenvalue weighted by Crippen LogP contribution is 2.45. The molecule has 0 radical (unpaired) electrons. The first kappa shape index (κ1) is 12.1. The predicted octanol–water partition coefficient (Wildman–Crippen LogP) is 3.15. The van der Waals surface area contributed by atoms with Crippen molar-refractivity contribution in [1.82, 2.24) is 0 Å². The first-order valence-corrected chi connectivity index (χ1v) is 5.91. The summed E-state index contributed by atoms with van der Waals surface area (Å²) < 4.78 is 16.5. The summed E-state index contributed by atoms with van der Waals surface area (Å²) >= 11 is 0. The van der Waals surface area contributed by atoms with Crippen molar-refractivity contribution in [3.8, 4) is 17.2 Å². The van der Waals surface area contributed by atoms with Crippen LogP contribution in [-0.2, 0) is 5.41 Å². The fourth-order valence-electron chi connectivity index (χ4n) is 2.57. The summed E-state index contributed by atoms with van der Waals surface area (Å²) in [5.74, 6) is 2.39. The molecule has 1 aromatic rings. The van der Waals surface area contributed by atoms with Crippen LogP contribution in [0.1, 0.15) is 32.8 Å². The van der Waals surface area contributed by atoms with Gasteiger partial charge in [0, 0.05) is 11.6 Å². The Morgan fingerprint density at radius 2 is 1.76 bits per heavy atom. The molecule has 1 aliphatic rings. The Kier molecular flexibility index (Phi) is 2.94. The summed E-state index contributed by atoms with van der Waals surface area (Å²) in [4.78, 5) is 0. The number of fused-ring (bicyclic) bond motifs is 1. The maximum Gasteiger partial charge on any atom is 0.164 e. The summed E-state index contributed by atoms with van der Waals surface area (Å²) in [5, 5.41) is 0. The Bertz CT molecular complexity index is 424. The molecule has 0 aromatic heterocycles. The highest BCUT2D eigenvalue weighted by molar-refractivity contribution is 5.54. The van der Waals surface area contributed by atoms with Gasteiger partial charge in [-0.25, -0.2) is 0 Å². The van der Waals surface area contributed by atoms with E-state index in [4.69, 9.17) is 14.2 Å². The SMILES string of the molecule is COc1cc2c(cc1OC)C(C)(C)CC(C)O2. The van der Waals surface area contributed by atoms with E-state index >= 15 is 0 Å². The minimum Gasteiger partial charge on any atom is -0.493 e. The van der Waals surface area contributed by atoms with E-state index in [2.05, 4.69) is 20.8 Å². The lowest BCUT2D eigenvalue weighted by molar-refractivity contribution is 0.149. The number of hydrogen-bond donors (Lipinski definition) is 0. The fraction of sp³-hybridized carbons (Fsp3) is 0.571. The van der Waals surface area contributed by atoms with Gasteiger partial charge in [-0.1, -0.05) is 13.8 Å². The first-order chi connectivity index (χ1) is 7.97. The van der Waals surface area contributed by atoms with Gasteiger partial charge in [-0.2, -0.15) is 0 Å². The largest absolute Gasteiger partial charge is 0.493 e. The second-order valence-electron chi connectivity index (χ2n) is 5.22. The zero-order valence-electron chi connectivity index (χ0n) is 11.2. The summed E-state index contributed by atoms with van der Waals surface area (Å²) in [5.41, 5.74) is 1.29. The molecule has 1 aromatic carbocycles. The number of ether oxygens (including phenoxy) is 3. The molecule has 2 rings (SSSR count). The van der Waals surface area contributed by atoms with Crippen molar-refractivity contribution in [3.63, 3.8) is 0 Å². The average Bonchev–Trinajstić information content (AvgIpc) is 2.26. The molecule has 0 saturated heterocycles. The standard InChI is InChI=1S/C14H20O3/c1-9-8-14(2,3)10-6-12(15-4)13(16-5)7-11(10)17-9/h6-7,9H,8H2,1-5H3. The van der Waals surface area contributed by atoms with Gasteiger partial charge in [0.25, 0.3) is 0 Å². The van der Waals surface area contributed by atoms with E-state index in [1.807, 2.05) is 12.1 Å². The van der Waals surface area contributed by atoms with Gasteiger partial charge in [-0.15, -0.1) is 0 Å². The van der Waals surface area contributed by atoms with Gasteiger partial charge in [0.05, 0.1) is 20.3 Å². The van der Waals surface area contributed by atoms with Crippen LogP contribution in [0.5, 0.6) is 17.2 Å². The van der Waals surface area contributed by atoms with E-state index in [0.717, 1.165) is 23.7 Å². The Labute approximate surface area is 103 Å². The van der Waals surface area contributed by atoms with Gasteiger partial charge >= 0.3 is 0 Å². The van der Waals surface area contributed by atoms with Crippen molar-refractivity contribution in [2.75, 3.05) is 14.2 Å². The van der Waals surface area contributed by atoms with E-state index in [1.54, 1.807) is 14.2 Å². The second-order valence-corrected chi connectivity index (χ2v) is 5.22. The van der Waals surface area contributed by atoms with Crippen molar-refractivity contribution in [2.24, 2.45) is 0 Å². The molecule has 0 fully saturated rings. The summed E-state index contributed by atoms with van der Waals surface area (Å²) in [6, 6.07) is 3.95. The van der Waals surface area contributed by atoms with Crippen molar-refractivity contribution in [2.45, 2.75) is 38.7 Å². The normalized spacial score (nSPS) is 21.4. The summed E-state index contributed by atoms with van der Waals surface area (Å²) in [7, 11) is 3.30. The van der Waals surface area contributed by atoms with Crippen LogP contribution in [0, 0.1) is 0 Å². The minimum atomic E-state index is 0.104. The maximum absolute atomic E-state index is 5.87. The van der Waals surface area contributed by atoms with Gasteiger partial charge in [-0.3, -0.25) is 0 Å².